The summed E-state index contributed by atoms with van der Waals surface area (Å²) in [5.41, 5.74) is -0.129. The lowest BCUT2D eigenvalue weighted by Crippen LogP contribution is -2.34. The minimum absolute atomic E-state index is 0.0209. The molecule has 0 bridgehead atoms. The van der Waals surface area contributed by atoms with Gasteiger partial charge in [0.25, 0.3) is 0 Å². The number of nitrogens with one attached hydrogen (secondary N) is 2. The van der Waals surface area contributed by atoms with Crippen LogP contribution in [0.25, 0.3) is 0 Å². The van der Waals surface area contributed by atoms with Crippen LogP contribution in [0.15, 0.2) is 53.4 Å². The molecule has 9 heteroatoms. The van der Waals surface area contributed by atoms with E-state index < -0.39 is 38.9 Å². The second kappa shape index (κ2) is 7.11. The van der Waals surface area contributed by atoms with Gasteiger partial charge in [-0.15, -0.1) is 0 Å². The van der Waals surface area contributed by atoms with Crippen LogP contribution in [0, 0.1) is 0 Å². The number of aromatic carboxylic acids is 1. The Hall–Kier alpha value is -2.91. The van der Waals surface area contributed by atoms with Crippen LogP contribution in [-0.4, -0.2) is 31.9 Å². The van der Waals surface area contributed by atoms with Gasteiger partial charge >= 0.3 is 0 Å². The van der Waals surface area contributed by atoms with Gasteiger partial charge in [0, 0.05) is 11.3 Å². The molecule has 0 aromatic heterocycles. The number of aromatic hydroxyl groups is 1. The average Bonchev–Trinajstić information content (AvgIpc) is 2.55. The van der Waals surface area contributed by atoms with Crippen LogP contribution in [0.4, 0.5) is 5.69 Å². The van der Waals surface area contributed by atoms with E-state index in [1.54, 1.807) is 0 Å². The molecule has 0 aliphatic carbocycles. The van der Waals surface area contributed by atoms with Crippen LogP contribution >= 0.6 is 0 Å². The number of amides is 1. The summed E-state index contributed by atoms with van der Waals surface area (Å²) in [6.07, 6.45) is 0. The molecule has 0 aliphatic rings. The summed E-state index contributed by atoms with van der Waals surface area (Å²) >= 11 is 0. The minimum atomic E-state index is -4.20. The number of phenolic OH excluding ortho intramolecular Hbond substituents is 1. The fourth-order valence-electron chi connectivity index (χ4n) is 1.86. The quantitative estimate of drug-likeness (QED) is 0.611. The molecule has 0 radical (unpaired) electrons. The van der Waals surface area contributed by atoms with E-state index in [9.17, 15) is 23.1 Å². The van der Waals surface area contributed by atoms with Crippen LogP contribution in [0.2, 0.25) is 0 Å². The summed E-state index contributed by atoms with van der Waals surface area (Å²) in [5.74, 6) is -2.27. The zero-order valence-electron chi connectivity index (χ0n) is 12.2. The molecule has 126 valence electrons. The average molecular weight is 349 g/mol. The molecule has 2 aromatic carbocycles. The van der Waals surface area contributed by atoms with E-state index in [4.69, 9.17) is 5.11 Å². The largest absolute Gasteiger partial charge is 0.545 e. The van der Waals surface area contributed by atoms with Gasteiger partial charge in [0.2, 0.25) is 15.9 Å². The van der Waals surface area contributed by atoms with Crippen molar-refractivity contribution in [2.24, 2.45) is 0 Å². The SMILES string of the molecule is O=C(CNS(=O)(=O)c1ccccc1C(=O)[O-])Nc1ccc(O)cc1. The van der Waals surface area contributed by atoms with E-state index in [0.717, 1.165) is 12.1 Å². The number of rotatable bonds is 6. The highest BCUT2D eigenvalue weighted by Crippen LogP contribution is 2.15. The lowest BCUT2D eigenvalue weighted by atomic mass is 10.2. The van der Waals surface area contributed by atoms with E-state index >= 15 is 0 Å². The summed E-state index contributed by atoms with van der Waals surface area (Å²) in [7, 11) is -4.20. The lowest BCUT2D eigenvalue weighted by Gasteiger charge is -2.12. The summed E-state index contributed by atoms with van der Waals surface area (Å²) in [6, 6.07) is 10.5. The Morgan fingerprint density at radius 2 is 1.67 bits per heavy atom. The number of carbonyl (C=O) groups is 2. The number of hydrogen-bond donors (Lipinski definition) is 3. The van der Waals surface area contributed by atoms with E-state index in [-0.39, 0.29) is 5.75 Å². The molecule has 0 unspecified atom stereocenters. The maximum atomic E-state index is 12.1. The molecule has 3 N–H and O–H groups in total. The first-order chi connectivity index (χ1) is 11.3. The fourth-order valence-corrected chi connectivity index (χ4v) is 3.03. The van der Waals surface area contributed by atoms with Crippen LogP contribution < -0.4 is 15.1 Å². The van der Waals surface area contributed by atoms with Gasteiger partial charge in [0.05, 0.1) is 17.4 Å². The Bertz CT molecular complexity index is 862. The molecule has 0 fully saturated rings. The van der Waals surface area contributed by atoms with Crippen molar-refractivity contribution in [3.63, 3.8) is 0 Å². The third-order valence-corrected chi connectivity index (χ3v) is 4.43. The molecular formula is C15H13N2O6S-. The fraction of sp³-hybridized carbons (Fsp3) is 0.0667. The van der Waals surface area contributed by atoms with Gasteiger partial charge < -0.3 is 20.3 Å². The van der Waals surface area contributed by atoms with Crippen molar-refractivity contribution < 1.29 is 28.2 Å². The molecule has 24 heavy (non-hydrogen) atoms. The highest BCUT2D eigenvalue weighted by atomic mass is 32.2. The van der Waals surface area contributed by atoms with Crippen LogP contribution in [0.5, 0.6) is 5.75 Å². The monoisotopic (exact) mass is 349 g/mol. The maximum absolute atomic E-state index is 12.1. The van der Waals surface area contributed by atoms with Crippen molar-refractivity contribution in [2.45, 2.75) is 4.90 Å². The molecule has 2 rings (SSSR count). The molecule has 2 aromatic rings. The van der Waals surface area contributed by atoms with E-state index in [1.165, 1.54) is 36.4 Å². The van der Waals surface area contributed by atoms with Crippen LogP contribution in [0.3, 0.4) is 0 Å². The number of phenols is 1. The Morgan fingerprint density at radius 3 is 2.29 bits per heavy atom. The van der Waals surface area contributed by atoms with Gasteiger partial charge in [-0.3, -0.25) is 4.79 Å². The minimum Gasteiger partial charge on any atom is -0.545 e. The third kappa shape index (κ3) is 4.31. The Morgan fingerprint density at radius 1 is 1.04 bits per heavy atom. The Balaban J connectivity index is 2.06. The van der Waals surface area contributed by atoms with Gasteiger partial charge in [-0.2, -0.15) is 0 Å². The summed E-state index contributed by atoms with van der Waals surface area (Å²) < 4.78 is 26.3. The number of anilines is 1. The normalized spacial score (nSPS) is 11.0. The number of benzene rings is 2. The number of hydrogen-bond acceptors (Lipinski definition) is 6. The number of carboxylic acid groups (broad SMARTS) is 1. The molecule has 0 saturated carbocycles. The predicted octanol–water partition coefficient (Wildman–Crippen LogP) is -0.327. The van der Waals surface area contributed by atoms with Crippen molar-refractivity contribution in [1.82, 2.24) is 4.72 Å². The smallest absolute Gasteiger partial charge is 0.241 e. The van der Waals surface area contributed by atoms with Crippen molar-refractivity contribution >= 4 is 27.6 Å². The van der Waals surface area contributed by atoms with Crippen LogP contribution in [-0.2, 0) is 14.8 Å². The first kappa shape index (κ1) is 17.4. The molecule has 0 atom stereocenters. The van der Waals surface area contributed by atoms with Crippen LogP contribution in [0.1, 0.15) is 10.4 Å². The Kier molecular flexibility index (Phi) is 5.17. The van der Waals surface area contributed by atoms with E-state index in [2.05, 4.69) is 5.32 Å². The summed E-state index contributed by atoms with van der Waals surface area (Å²) in [6.45, 7) is -0.593. The highest BCUT2D eigenvalue weighted by molar-refractivity contribution is 7.89. The van der Waals surface area contributed by atoms with Gasteiger partial charge in [-0.05, 0) is 30.3 Å². The predicted molar refractivity (Wildman–Crippen MR) is 82.7 cm³/mol. The van der Waals surface area contributed by atoms with Crippen molar-refractivity contribution in [1.29, 1.82) is 0 Å². The zero-order valence-corrected chi connectivity index (χ0v) is 13.0. The second-order valence-corrected chi connectivity index (χ2v) is 6.44. The zero-order chi connectivity index (χ0) is 17.7. The molecule has 1 amide bonds. The first-order valence-corrected chi connectivity index (χ1v) is 8.17. The van der Waals surface area contributed by atoms with Gasteiger partial charge in [0.1, 0.15) is 5.75 Å². The molecule has 0 heterocycles. The van der Waals surface area contributed by atoms with Gasteiger partial charge in [-0.25, -0.2) is 13.1 Å². The van der Waals surface area contributed by atoms with Crippen molar-refractivity contribution in [2.75, 3.05) is 11.9 Å². The van der Waals surface area contributed by atoms with Crippen molar-refractivity contribution in [3.8, 4) is 5.75 Å². The molecular weight excluding hydrogens is 336 g/mol. The van der Waals surface area contributed by atoms with Crippen molar-refractivity contribution in [3.05, 3.63) is 54.1 Å². The maximum Gasteiger partial charge on any atom is 0.241 e. The summed E-state index contributed by atoms with van der Waals surface area (Å²) in [4.78, 5) is 22.3. The topological polar surface area (TPSA) is 136 Å². The first-order valence-electron chi connectivity index (χ1n) is 6.68. The number of carbonyl (C=O) groups excluding carboxylic acids is 2. The number of sulfonamides is 1. The molecule has 0 aliphatic heterocycles. The second-order valence-electron chi connectivity index (χ2n) is 4.70. The molecule has 0 spiro atoms. The van der Waals surface area contributed by atoms with E-state index in [0.29, 0.717) is 5.69 Å². The van der Waals surface area contributed by atoms with Gasteiger partial charge in [0.15, 0.2) is 0 Å². The lowest BCUT2D eigenvalue weighted by molar-refractivity contribution is -0.255. The third-order valence-electron chi connectivity index (χ3n) is 2.97. The van der Waals surface area contributed by atoms with Gasteiger partial charge in [-0.1, -0.05) is 18.2 Å². The number of carboxylic acids is 1. The summed E-state index contributed by atoms with van der Waals surface area (Å²) in [5, 5.41) is 22.5. The Labute approximate surface area is 137 Å². The molecule has 8 nitrogen and oxygen atoms in total. The standard InChI is InChI=1S/C15H14N2O6S/c18-11-7-5-10(6-8-11)17-14(19)9-16-24(22,23)13-4-2-1-3-12(13)15(20)21/h1-8,16,18H,9H2,(H,17,19)(H,20,21)/p-1. The molecule has 0 saturated heterocycles. The highest BCUT2D eigenvalue weighted by Gasteiger charge is 2.19. The van der Waals surface area contributed by atoms with E-state index in [1.807, 2.05) is 4.72 Å².